The summed E-state index contributed by atoms with van der Waals surface area (Å²) in [5, 5.41) is 68.3. The van der Waals surface area contributed by atoms with Crippen molar-refractivity contribution in [1.29, 1.82) is 0 Å². The Kier molecular flexibility index (Phi) is 6.50. The van der Waals surface area contributed by atoms with E-state index in [0.717, 1.165) is 0 Å². The zero-order chi connectivity index (χ0) is 18.1. The maximum Gasteiger partial charge on any atom is 0.224 e. The molecule has 0 aromatic heterocycles. The monoisotopic (exact) mass is 356 g/mol. The number of aliphatic hydroxyl groups is 7. The van der Waals surface area contributed by atoms with Gasteiger partial charge in [0.15, 0.2) is 6.29 Å². The first-order valence-electron chi connectivity index (χ1n) is 7.43. The SMILES string of the molecule is COC[C@H]1O[C@@](CO)(O[C@H]2O[C@H](CO)[C@@H](O)[C@H](O)[C@H]2O)[C@@H](O)[C@@H]1O. The van der Waals surface area contributed by atoms with Gasteiger partial charge in [-0.25, -0.2) is 0 Å². The van der Waals surface area contributed by atoms with Crippen molar-refractivity contribution in [3.05, 3.63) is 0 Å². The number of ether oxygens (including phenoxy) is 4. The van der Waals surface area contributed by atoms with E-state index in [0.29, 0.717) is 0 Å². The average Bonchev–Trinajstić information content (AvgIpc) is 2.81. The Bertz CT molecular complexity index is 407. The summed E-state index contributed by atoms with van der Waals surface area (Å²) in [6, 6.07) is 0. The second-order valence-electron chi connectivity index (χ2n) is 5.83. The van der Waals surface area contributed by atoms with Crippen LogP contribution in [0.5, 0.6) is 0 Å². The Labute approximate surface area is 137 Å². The van der Waals surface area contributed by atoms with Crippen LogP contribution in [-0.2, 0) is 18.9 Å². The molecule has 24 heavy (non-hydrogen) atoms. The fraction of sp³-hybridized carbons (Fsp3) is 1.00. The molecule has 2 aliphatic rings. The van der Waals surface area contributed by atoms with Crippen molar-refractivity contribution >= 4 is 0 Å². The van der Waals surface area contributed by atoms with Gasteiger partial charge in [0.25, 0.3) is 0 Å². The van der Waals surface area contributed by atoms with Crippen molar-refractivity contribution in [2.45, 2.75) is 54.8 Å². The molecule has 0 bridgehead atoms. The number of methoxy groups -OCH3 is 1. The third kappa shape index (κ3) is 3.43. The van der Waals surface area contributed by atoms with E-state index in [9.17, 15) is 30.6 Å². The van der Waals surface area contributed by atoms with E-state index in [1.54, 1.807) is 0 Å². The normalized spacial score (nSPS) is 49.5. The molecule has 11 heteroatoms. The third-order valence-electron chi connectivity index (χ3n) is 4.22. The molecule has 2 fully saturated rings. The van der Waals surface area contributed by atoms with E-state index in [1.807, 2.05) is 0 Å². The average molecular weight is 356 g/mol. The maximum absolute atomic E-state index is 10.1. The van der Waals surface area contributed by atoms with Gasteiger partial charge in [0.2, 0.25) is 5.79 Å². The highest BCUT2D eigenvalue weighted by Gasteiger charge is 2.58. The van der Waals surface area contributed by atoms with Gasteiger partial charge in [-0.1, -0.05) is 0 Å². The van der Waals surface area contributed by atoms with Gasteiger partial charge in [-0.05, 0) is 0 Å². The first-order valence-corrected chi connectivity index (χ1v) is 7.43. The lowest BCUT2D eigenvalue weighted by Gasteiger charge is -2.43. The van der Waals surface area contributed by atoms with Crippen LogP contribution in [0.4, 0.5) is 0 Å². The van der Waals surface area contributed by atoms with E-state index in [1.165, 1.54) is 7.11 Å². The van der Waals surface area contributed by atoms with Crippen molar-refractivity contribution in [3.8, 4) is 0 Å². The maximum atomic E-state index is 10.1. The van der Waals surface area contributed by atoms with Gasteiger partial charge in [0.1, 0.15) is 49.3 Å². The van der Waals surface area contributed by atoms with E-state index >= 15 is 0 Å². The summed E-state index contributed by atoms with van der Waals surface area (Å²) in [6.45, 7) is -1.67. The molecule has 0 unspecified atom stereocenters. The van der Waals surface area contributed by atoms with Crippen molar-refractivity contribution < 1.29 is 54.7 Å². The van der Waals surface area contributed by atoms with Crippen LogP contribution >= 0.6 is 0 Å². The molecular formula is C13H24O11. The van der Waals surface area contributed by atoms with Crippen LogP contribution in [0.25, 0.3) is 0 Å². The smallest absolute Gasteiger partial charge is 0.224 e. The number of aliphatic hydroxyl groups excluding tert-OH is 7. The van der Waals surface area contributed by atoms with Crippen LogP contribution in [0.3, 0.4) is 0 Å². The molecule has 0 amide bonds. The molecule has 0 spiro atoms. The van der Waals surface area contributed by atoms with Gasteiger partial charge < -0.3 is 54.7 Å². The van der Waals surface area contributed by atoms with Crippen LogP contribution in [-0.4, -0.2) is 117 Å². The Hall–Kier alpha value is -0.440. The molecule has 2 heterocycles. The summed E-state index contributed by atoms with van der Waals surface area (Å²) in [6.07, 6.45) is -12.1. The van der Waals surface area contributed by atoms with Gasteiger partial charge >= 0.3 is 0 Å². The van der Waals surface area contributed by atoms with Crippen molar-refractivity contribution in [2.24, 2.45) is 0 Å². The third-order valence-corrected chi connectivity index (χ3v) is 4.22. The summed E-state index contributed by atoms with van der Waals surface area (Å²) in [5.41, 5.74) is 0. The van der Waals surface area contributed by atoms with Crippen molar-refractivity contribution in [1.82, 2.24) is 0 Å². The highest BCUT2D eigenvalue weighted by atomic mass is 16.8. The van der Waals surface area contributed by atoms with E-state index in [-0.39, 0.29) is 6.61 Å². The Morgan fingerprint density at radius 3 is 2.12 bits per heavy atom. The quantitative estimate of drug-likeness (QED) is 0.243. The second-order valence-corrected chi connectivity index (χ2v) is 5.83. The number of rotatable bonds is 6. The first-order chi connectivity index (χ1) is 11.3. The second kappa shape index (κ2) is 7.85. The van der Waals surface area contributed by atoms with Crippen LogP contribution in [0.1, 0.15) is 0 Å². The molecule has 0 aromatic carbocycles. The van der Waals surface area contributed by atoms with Crippen molar-refractivity contribution in [2.75, 3.05) is 26.9 Å². The molecule has 142 valence electrons. The molecule has 0 aromatic rings. The Morgan fingerprint density at radius 1 is 0.917 bits per heavy atom. The highest BCUT2D eigenvalue weighted by molar-refractivity contribution is 4.98. The molecule has 0 aliphatic carbocycles. The van der Waals surface area contributed by atoms with E-state index in [4.69, 9.17) is 24.1 Å². The van der Waals surface area contributed by atoms with E-state index < -0.39 is 68.0 Å². The molecule has 2 rings (SSSR count). The predicted molar refractivity (Wildman–Crippen MR) is 73.4 cm³/mol. The lowest BCUT2D eigenvalue weighted by Crippen LogP contribution is -2.62. The summed E-state index contributed by atoms with van der Waals surface area (Å²) in [5.74, 6) is -2.14. The first kappa shape index (κ1) is 19.9. The number of hydrogen-bond acceptors (Lipinski definition) is 11. The van der Waals surface area contributed by atoms with E-state index in [2.05, 4.69) is 0 Å². The van der Waals surface area contributed by atoms with Gasteiger partial charge in [-0.15, -0.1) is 0 Å². The molecule has 0 radical (unpaired) electrons. The summed E-state index contributed by atoms with van der Waals surface area (Å²) < 4.78 is 20.7. The van der Waals surface area contributed by atoms with Crippen LogP contribution in [0.15, 0.2) is 0 Å². The lowest BCUT2D eigenvalue weighted by atomic mass is 9.99. The van der Waals surface area contributed by atoms with Crippen LogP contribution in [0, 0.1) is 0 Å². The molecule has 9 atom stereocenters. The minimum atomic E-state index is -2.14. The lowest BCUT2D eigenvalue weighted by molar-refractivity contribution is -0.383. The largest absolute Gasteiger partial charge is 0.394 e. The zero-order valence-electron chi connectivity index (χ0n) is 13.0. The van der Waals surface area contributed by atoms with Crippen LogP contribution < -0.4 is 0 Å². The Morgan fingerprint density at radius 2 is 1.58 bits per heavy atom. The zero-order valence-corrected chi connectivity index (χ0v) is 13.0. The standard InChI is InChI=1S/C13H24O11/c1-21-3-6-8(17)11(20)13(4-15,23-6)24-12-10(19)9(18)7(16)5(2-14)22-12/h5-12,14-20H,2-4H2,1H3/t5-,6-,7-,8-,9+,10-,11+,12-,13+/m1/s1. The molecule has 2 aliphatic heterocycles. The van der Waals surface area contributed by atoms with Crippen LogP contribution in [0.2, 0.25) is 0 Å². The van der Waals surface area contributed by atoms with Gasteiger partial charge in [-0.3, -0.25) is 0 Å². The molecule has 11 nitrogen and oxygen atoms in total. The van der Waals surface area contributed by atoms with Gasteiger partial charge in [-0.2, -0.15) is 0 Å². The molecular weight excluding hydrogens is 332 g/mol. The summed E-state index contributed by atoms with van der Waals surface area (Å²) in [7, 11) is 1.35. The molecule has 7 N–H and O–H groups in total. The summed E-state index contributed by atoms with van der Waals surface area (Å²) >= 11 is 0. The minimum absolute atomic E-state index is 0.0992. The van der Waals surface area contributed by atoms with Gasteiger partial charge in [0.05, 0.1) is 13.2 Å². The molecule has 2 saturated heterocycles. The fourth-order valence-electron chi connectivity index (χ4n) is 2.78. The molecule has 0 saturated carbocycles. The fourth-order valence-corrected chi connectivity index (χ4v) is 2.78. The number of hydrogen-bond donors (Lipinski definition) is 7. The topological polar surface area (TPSA) is 179 Å². The van der Waals surface area contributed by atoms with Gasteiger partial charge in [0, 0.05) is 7.11 Å². The minimum Gasteiger partial charge on any atom is -0.394 e. The highest BCUT2D eigenvalue weighted by Crippen LogP contribution is 2.36. The van der Waals surface area contributed by atoms with Crippen molar-refractivity contribution in [3.63, 3.8) is 0 Å². The summed E-state index contributed by atoms with van der Waals surface area (Å²) in [4.78, 5) is 0. The predicted octanol–water partition coefficient (Wildman–Crippen LogP) is -4.74. The Balaban J connectivity index is 2.17.